The van der Waals surface area contributed by atoms with Gasteiger partial charge in [-0.05, 0) is 6.07 Å². The summed E-state index contributed by atoms with van der Waals surface area (Å²) in [7, 11) is -3.88. The van der Waals surface area contributed by atoms with Crippen molar-refractivity contribution >= 4 is 10.0 Å². The maximum absolute atomic E-state index is 12.9. The highest BCUT2D eigenvalue weighted by molar-refractivity contribution is 7.89. The van der Waals surface area contributed by atoms with E-state index in [-0.39, 0.29) is 5.03 Å². The number of hydrogen-bond acceptors (Lipinski definition) is 4. The molecule has 2 heterocycles. The van der Waals surface area contributed by atoms with Gasteiger partial charge in [0.2, 0.25) is 0 Å². The van der Waals surface area contributed by atoms with Crippen molar-refractivity contribution in [3.05, 3.63) is 31.0 Å². The van der Waals surface area contributed by atoms with Gasteiger partial charge in [0, 0.05) is 18.9 Å². The Morgan fingerprint density at radius 3 is 2.79 bits per heavy atom. The maximum atomic E-state index is 12.9. The molecule has 0 saturated heterocycles. The lowest BCUT2D eigenvalue weighted by Gasteiger charge is -2.16. The van der Waals surface area contributed by atoms with Crippen LogP contribution in [0, 0.1) is 0 Å². The lowest BCUT2D eigenvalue weighted by atomic mass is 10.3. The van der Waals surface area contributed by atoms with Crippen molar-refractivity contribution in [2.75, 3.05) is 6.54 Å². The molecule has 1 atom stereocenters. The molecular weight excluding hydrogens is 280 g/mol. The summed E-state index contributed by atoms with van der Waals surface area (Å²) >= 11 is 0. The van der Waals surface area contributed by atoms with E-state index in [4.69, 9.17) is 0 Å². The summed E-state index contributed by atoms with van der Waals surface area (Å²) in [4.78, 5) is 5.95. The van der Waals surface area contributed by atoms with Gasteiger partial charge in [-0.25, -0.2) is 26.9 Å². The molecule has 2 aromatic rings. The summed E-state index contributed by atoms with van der Waals surface area (Å²) in [5.74, 6) is 0. The summed E-state index contributed by atoms with van der Waals surface area (Å²) in [5.41, 5.74) is 0. The van der Waals surface area contributed by atoms with Crippen LogP contribution in [-0.2, 0) is 10.0 Å². The molecule has 2 N–H and O–H groups in total. The van der Waals surface area contributed by atoms with Gasteiger partial charge in [-0.15, -0.1) is 0 Å². The maximum Gasteiger partial charge on any atom is 0.261 e. The van der Waals surface area contributed by atoms with E-state index in [0.717, 1.165) is 10.9 Å². The van der Waals surface area contributed by atoms with Gasteiger partial charge in [-0.3, -0.25) is 4.68 Å². The van der Waals surface area contributed by atoms with Gasteiger partial charge in [0.05, 0.1) is 12.5 Å². The molecule has 0 aliphatic carbocycles. The Balaban J connectivity index is 2.08. The van der Waals surface area contributed by atoms with Crippen molar-refractivity contribution in [3.8, 4) is 0 Å². The average molecular weight is 291 g/mol. The lowest BCUT2D eigenvalue weighted by molar-refractivity contribution is 0.0787. The topological polar surface area (TPSA) is 92.7 Å². The third-order valence-electron chi connectivity index (χ3n) is 2.40. The van der Waals surface area contributed by atoms with Gasteiger partial charge < -0.3 is 4.98 Å². The number of imidazole rings is 1. The van der Waals surface area contributed by atoms with Crippen LogP contribution in [0.5, 0.6) is 0 Å². The first-order chi connectivity index (χ1) is 9.00. The van der Waals surface area contributed by atoms with Gasteiger partial charge in [0.15, 0.2) is 5.03 Å². The number of nitrogens with zero attached hydrogens (tertiary/aromatic N) is 3. The number of aromatic nitrogens is 4. The van der Waals surface area contributed by atoms with Crippen LogP contribution in [-0.4, -0.2) is 41.1 Å². The number of halogens is 2. The van der Waals surface area contributed by atoms with E-state index in [1.54, 1.807) is 0 Å². The number of H-pyrrole nitrogens is 1. The van der Waals surface area contributed by atoms with Gasteiger partial charge >= 0.3 is 0 Å². The second-order valence-electron chi connectivity index (χ2n) is 3.66. The van der Waals surface area contributed by atoms with E-state index < -0.39 is 29.0 Å². The zero-order chi connectivity index (χ0) is 13.9. The van der Waals surface area contributed by atoms with Crippen molar-refractivity contribution < 1.29 is 17.2 Å². The Hall–Kier alpha value is -1.81. The first kappa shape index (κ1) is 13.6. The zero-order valence-corrected chi connectivity index (χ0v) is 10.4. The second kappa shape index (κ2) is 5.45. The number of sulfonamides is 1. The highest BCUT2D eigenvalue weighted by atomic mass is 32.2. The number of rotatable bonds is 6. The molecule has 0 spiro atoms. The average Bonchev–Trinajstić information content (AvgIpc) is 3.02. The summed E-state index contributed by atoms with van der Waals surface area (Å²) in [6, 6.07) is 0.117. The number of hydrogen-bond donors (Lipinski definition) is 2. The Labute approximate surface area is 107 Å². The van der Waals surface area contributed by atoms with Crippen LogP contribution < -0.4 is 4.72 Å². The standard InChI is InChI=1S/C9H11F2N5O2S/c10-9(11)7(16-3-1-2-14-16)4-15-19(17,18)8-5-12-6-13-8/h1-3,5-7,9,15H,4H2,(H,12,13). The number of alkyl halides is 2. The molecule has 104 valence electrons. The predicted octanol–water partition coefficient (Wildman–Crippen LogP) is 0.391. The normalized spacial score (nSPS) is 13.8. The van der Waals surface area contributed by atoms with Crippen LogP contribution >= 0.6 is 0 Å². The summed E-state index contributed by atoms with van der Waals surface area (Å²) in [6.07, 6.45) is 2.23. The Morgan fingerprint density at radius 1 is 1.47 bits per heavy atom. The summed E-state index contributed by atoms with van der Waals surface area (Å²) in [5, 5.41) is 3.50. The summed E-state index contributed by atoms with van der Waals surface area (Å²) < 4.78 is 52.3. The zero-order valence-electron chi connectivity index (χ0n) is 9.57. The Bertz CT molecular complexity index is 597. The SMILES string of the molecule is O=S(=O)(NCC(C(F)F)n1cccn1)c1cnc[nH]1. The molecule has 0 amide bonds. The molecular formula is C9H11F2N5O2S. The Morgan fingerprint density at radius 2 is 2.26 bits per heavy atom. The molecule has 10 heteroatoms. The molecule has 0 radical (unpaired) electrons. The fourth-order valence-corrected chi connectivity index (χ4v) is 2.39. The van der Waals surface area contributed by atoms with E-state index in [2.05, 4.69) is 19.8 Å². The van der Waals surface area contributed by atoms with E-state index in [9.17, 15) is 17.2 Å². The first-order valence-electron chi connectivity index (χ1n) is 5.26. The van der Waals surface area contributed by atoms with Crippen molar-refractivity contribution in [1.29, 1.82) is 0 Å². The summed E-state index contributed by atoms with van der Waals surface area (Å²) in [6.45, 7) is -0.472. The third-order valence-corrected chi connectivity index (χ3v) is 3.75. The van der Waals surface area contributed by atoms with Gasteiger partial charge in [0.1, 0.15) is 6.04 Å². The van der Waals surface area contributed by atoms with Crippen molar-refractivity contribution in [2.45, 2.75) is 17.5 Å². The quantitative estimate of drug-likeness (QED) is 0.805. The lowest BCUT2D eigenvalue weighted by Crippen LogP contribution is -2.34. The van der Waals surface area contributed by atoms with Gasteiger partial charge in [-0.2, -0.15) is 5.10 Å². The van der Waals surface area contributed by atoms with Crippen molar-refractivity contribution in [1.82, 2.24) is 24.5 Å². The minimum absolute atomic E-state index is 0.180. The molecule has 0 aliphatic rings. The van der Waals surface area contributed by atoms with Crippen LogP contribution in [0.25, 0.3) is 0 Å². The fraction of sp³-hybridized carbons (Fsp3) is 0.333. The number of nitrogens with one attached hydrogen (secondary N) is 2. The van der Waals surface area contributed by atoms with E-state index in [1.165, 1.54) is 24.8 Å². The molecule has 0 fully saturated rings. The van der Waals surface area contributed by atoms with Crippen LogP contribution in [0.15, 0.2) is 36.0 Å². The van der Waals surface area contributed by atoms with Crippen LogP contribution in [0.2, 0.25) is 0 Å². The predicted molar refractivity (Wildman–Crippen MR) is 61.0 cm³/mol. The molecule has 0 aliphatic heterocycles. The molecule has 0 aromatic carbocycles. The van der Waals surface area contributed by atoms with Crippen LogP contribution in [0.1, 0.15) is 6.04 Å². The van der Waals surface area contributed by atoms with E-state index in [1.807, 2.05) is 0 Å². The second-order valence-corrected chi connectivity index (χ2v) is 5.39. The molecule has 7 nitrogen and oxygen atoms in total. The fourth-order valence-electron chi connectivity index (χ4n) is 1.44. The van der Waals surface area contributed by atoms with Gasteiger partial charge in [0.25, 0.3) is 16.4 Å². The molecule has 2 aromatic heterocycles. The highest BCUT2D eigenvalue weighted by Crippen LogP contribution is 2.15. The minimum atomic E-state index is -3.88. The Kier molecular flexibility index (Phi) is 3.90. The largest absolute Gasteiger partial charge is 0.335 e. The smallest absolute Gasteiger partial charge is 0.261 e. The van der Waals surface area contributed by atoms with Gasteiger partial charge in [-0.1, -0.05) is 0 Å². The van der Waals surface area contributed by atoms with Crippen LogP contribution in [0.4, 0.5) is 8.78 Å². The molecule has 1 unspecified atom stereocenters. The third kappa shape index (κ3) is 3.15. The van der Waals surface area contributed by atoms with Crippen LogP contribution in [0.3, 0.4) is 0 Å². The first-order valence-corrected chi connectivity index (χ1v) is 6.74. The van der Waals surface area contributed by atoms with E-state index in [0.29, 0.717) is 0 Å². The molecule has 19 heavy (non-hydrogen) atoms. The molecule has 2 rings (SSSR count). The highest BCUT2D eigenvalue weighted by Gasteiger charge is 2.25. The van der Waals surface area contributed by atoms with Crippen molar-refractivity contribution in [3.63, 3.8) is 0 Å². The minimum Gasteiger partial charge on any atom is -0.335 e. The monoisotopic (exact) mass is 291 g/mol. The number of aromatic amines is 1. The molecule has 0 saturated carbocycles. The van der Waals surface area contributed by atoms with E-state index >= 15 is 0 Å². The van der Waals surface area contributed by atoms with Crippen molar-refractivity contribution in [2.24, 2.45) is 0 Å². The molecule has 0 bridgehead atoms.